The molecule has 174 valence electrons. The molecule has 3 aromatic rings. The summed E-state index contributed by atoms with van der Waals surface area (Å²) in [6, 6.07) is 23.3. The molecule has 0 aliphatic carbocycles. The Balaban J connectivity index is 1.57. The van der Waals surface area contributed by atoms with Crippen LogP contribution in [0.4, 0.5) is 0 Å². The molecule has 0 radical (unpaired) electrons. The van der Waals surface area contributed by atoms with Gasteiger partial charge in [0.1, 0.15) is 19.0 Å². The van der Waals surface area contributed by atoms with Gasteiger partial charge in [-0.3, -0.25) is 4.79 Å². The highest BCUT2D eigenvalue weighted by Crippen LogP contribution is 2.28. The number of nitriles is 1. The van der Waals surface area contributed by atoms with Gasteiger partial charge in [0.05, 0.1) is 23.9 Å². The van der Waals surface area contributed by atoms with Crippen molar-refractivity contribution in [2.24, 2.45) is 5.10 Å². The summed E-state index contributed by atoms with van der Waals surface area (Å²) in [6.07, 6.45) is 1.48. The second-order valence-electron chi connectivity index (χ2n) is 6.97. The van der Waals surface area contributed by atoms with E-state index in [9.17, 15) is 10.1 Å². The molecular weight excluding hydrogens is 454 g/mol. The average Bonchev–Trinajstić information content (AvgIpc) is 2.85. The minimum atomic E-state index is -0.943. The summed E-state index contributed by atoms with van der Waals surface area (Å²) in [4.78, 5) is 12.3. The van der Waals surface area contributed by atoms with E-state index < -0.39 is 11.8 Å². The minimum Gasteiger partial charge on any atom is -0.490 e. The molecule has 3 aromatic carbocycles. The number of para-hydroxylation sites is 1. The molecule has 0 unspecified atom stereocenters. The summed E-state index contributed by atoms with van der Waals surface area (Å²) < 4.78 is 17.1. The fourth-order valence-corrected chi connectivity index (χ4v) is 3.21. The number of amides is 1. The zero-order valence-electron chi connectivity index (χ0n) is 18.6. The van der Waals surface area contributed by atoms with Gasteiger partial charge in [0.25, 0.3) is 5.91 Å². The SMILES string of the molecule is CCOc1cc(/C=N\NC(=O)[C@H](C#N)c2ccccc2)ccc1OCCOc1ccccc1Cl. The average molecular weight is 478 g/mol. The molecule has 0 heterocycles. The lowest BCUT2D eigenvalue weighted by Gasteiger charge is -2.13. The summed E-state index contributed by atoms with van der Waals surface area (Å²) in [7, 11) is 0. The van der Waals surface area contributed by atoms with E-state index in [1.165, 1.54) is 6.21 Å². The highest BCUT2D eigenvalue weighted by Gasteiger charge is 2.19. The van der Waals surface area contributed by atoms with E-state index in [1.807, 2.05) is 31.2 Å². The van der Waals surface area contributed by atoms with Gasteiger partial charge < -0.3 is 14.2 Å². The van der Waals surface area contributed by atoms with E-state index in [0.29, 0.717) is 53.2 Å². The molecule has 3 rings (SSSR count). The molecule has 0 saturated heterocycles. The van der Waals surface area contributed by atoms with Crippen LogP contribution in [0.15, 0.2) is 77.9 Å². The summed E-state index contributed by atoms with van der Waals surface area (Å²) in [6.45, 7) is 2.93. The minimum absolute atomic E-state index is 0.295. The monoisotopic (exact) mass is 477 g/mol. The van der Waals surface area contributed by atoms with Gasteiger partial charge in [0.15, 0.2) is 17.4 Å². The molecule has 1 amide bonds. The van der Waals surface area contributed by atoms with Gasteiger partial charge in [0, 0.05) is 0 Å². The van der Waals surface area contributed by atoms with E-state index in [-0.39, 0.29) is 0 Å². The first-order chi connectivity index (χ1) is 16.6. The zero-order valence-corrected chi connectivity index (χ0v) is 19.4. The largest absolute Gasteiger partial charge is 0.490 e. The van der Waals surface area contributed by atoms with E-state index in [1.54, 1.807) is 54.6 Å². The van der Waals surface area contributed by atoms with Crippen molar-refractivity contribution in [2.45, 2.75) is 12.8 Å². The Morgan fingerprint density at radius 1 is 1.00 bits per heavy atom. The normalized spacial score (nSPS) is 11.4. The molecule has 0 aliphatic heterocycles. The maximum atomic E-state index is 12.3. The number of benzene rings is 3. The molecule has 0 bridgehead atoms. The van der Waals surface area contributed by atoms with Gasteiger partial charge in [-0.2, -0.15) is 10.4 Å². The second-order valence-corrected chi connectivity index (χ2v) is 7.38. The number of hydrogen-bond acceptors (Lipinski definition) is 6. The third-order valence-corrected chi connectivity index (χ3v) is 4.93. The standard InChI is InChI=1S/C26H24ClN3O4/c1-2-32-25-16-19(18-29-30-26(31)21(17-28)20-8-4-3-5-9-20)12-13-24(25)34-15-14-33-23-11-7-6-10-22(23)27/h3-13,16,18,21H,2,14-15H2,1H3,(H,30,31)/b29-18-/t21-/m1/s1. The molecule has 34 heavy (non-hydrogen) atoms. The number of carbonyl (C=O) groups excluding carboxylic acids is 1. The summed E-state index contributed by atoms with van der Waals surface area (Å²) in [5.74, 6) is 0.237. The summed E-state index contributed by atoms with van der Waals surface area (Å²) >= 11 is 6.08. The number of hydrazone groups is 1. The Morgan fingerprint density at radius 2 is 1.71 bits per heavy atom. The van der Waals surface area contributed by atoms with Crippen molar-refractivity contribution in [2.75, 3.05) is 19.8 Å². The fraction of sp³-hybridized carbons (Fsp3) is 0.192. The highest BCUT2D eigenvalue weighted by atomic mass is 35.5. The number of nitrogens with one attached hydrogen (secondary N) is 1. The van der Waals surface area contributed by atoms with E-state index >= 15 is 0 Å². The zero-order chi connectivity index (χ0) is 24.2. The van der Waals surface area contributed by atoms with E-state index in [0.717, 1.165) is 0 Å². The predicted octanol–water partition coefficient (Wildman–Crippen LogP) is 4.95. The molecule has 0 aliphatic rings. The van der Waals surface area contributed by atoms with Crippen LogP contribution >= 0.6 is 11.6 Å². The number of hydrogen-bond donors (Lipinski definition) is 1. The van der Waals surface area contributed by atoms with Crippen LogP contribution < -0.4 is 19.6 Å². The lowest BCUT2D eigenvalue weighted by molar-refractivity contribution is -0.121. The van der Waals surface area contributed by atoms with Gasteiger partial charge in [-0.15, -0.1) is 0 Å². The number of halogens is 1. The van der Waals surface area contributed by atoms with Crippen molar-refractivity contribution >= 4 is 23.7 Å². The predicted molar refractivity (Wildman–Crippen MR) is 131 cm³/mol. The summed E-state index contributed by atoms with van der Waals surface area (Å²) in [5, 5.41) is 13.9. The molecule has 1 N–H and O–H groups in total. The molecule has 0 saturated carbocycles. The molecule has 8 heteroatoms. The maximum Gasteiger partial charge on any atom is 0.261 e. The molecular formula is C26H24ClN3O4. The fourth-order valence-electron chi connectivity index (χ4n) is 3.02. The van der Waals surface area contributed by atoms with Crippen LogP contribution in [0.3, 0.4) is 0 Å². The van der Waals surface area contributed by atoms with Gasteiger partial charge >= 0.3 is 0 Å². The van der Waals surface area contributed by atoms with Crippen molar-refractivity contribution in [1.29, 1.82) is 5.26 Å². The molecule has 0 aromatic heterocycles. The Kier molecular flexibility index (Phi) is 9.32. The Labute approximate surface area is 203 Å². The Hall–Kier alpha value is -4.02. The van der Waals surface area contributed by atoms with Crippen LogP contribution in [0.5, 0.6) is 17.2 Å². The third-order valence-electron chi connectivity index (χ3n) is 4.62. The van der Waals surface area contributed by atoms with Crippen LogP contribution in [-0.2, 0) is 4.79 Å². The topological polar surface area (TPSA) is 92.9 Å². The lowest BCUT2D eigenvalue weighted by Crippen LogP contribution is -2.24. The molecule has 0 fully saturated rings. The van der Waals surface area contributed by atoms with Crippen LogP contribution in [-0.4, -0.2) is 31.9 Å². The van der Waals surface area contributed by atoms with Crippen molar-refractivity contribution in [3.05, 3.63) is 88.9 Å². The smallest absolute Gasteiger partial charge is 0.261 e. The first-order valence-electron chi connectivity index (χ1n) is 10.7. The van der Waals surface area contributed by atoms with Crippen molar-refractivity contribution in [3.63, 3.8) is 0 Å². The van der Waals surface area contributed by atoms with Gasteiger partial charge in [-0.25, -0.2) is 5.43 Å². The number of nitrogens with zero attached hydrogens (tertiary/aromatic N) is 2. The van der Waals surface area contributed by atoms with Crippen LogP contribution in [0, 0.1) is 11.3 Å². The Bertz CT molecular complexity index is 1160. The van der Waals surface area contributed by atoms with E-state index in [2.05, 4.69) is 10.5 Å². The number of carbonyl (C=O) groups is 1. The molecule has 1 atom stereocenters. The van der Waals surface area contributed by atoms with Crippen LogP contribution in [0.1, 0.15) is 24.0 Å². The highest BCUT2D eigenvalue weighted by molar-refractivity contribution is 6.32. The van der Waals surface area contributed by atoms with Crippen molar-refractivity contribution < 1.29 is 19.0 Å². The number of ether oxygens (including phenoxy) is 3. The van der Waals surface area contributed by atoms with E-state index in [4.69, 9.17) is 25.8 Å². The van der Waals surface area contributed by atoms with Gasteiger partial charge in [-0.05, 0) is 48.4 Å². The summed E-state index contributed by atoms with van der Waals surface area (Å²) in [5.41, 5.74) is 3.72. The maximum absolute atomic E-state index is 12.3. The van der Waals surface area contributed by atoms with Gasteiger partial charge in [0.2, 0.25) is 0 Å². The third kappa shape index (κ3) is 6.99. The molecule has 0 spiro atoms. The quantitative estimate of drug-likeness (QED) is 0.239. The van der Waals surface area contributed by atoms with Gasteiger partial charge in [-0.1, -0.05) is 54.1 Å². The first kappa shape index (κ1) is 24.6. The van der Waals surface area contributed by atoms with Crippen molar-refractivity contribution in [1.82, 2.24) is 5.43 Å². The van der Waals surface area contributed by atoms with Crippen LogP contribution in [0.2, 0.25) is 5.02 Å². The second kappa shape index (κ2) is 12.9. The lowest BCUT2D eigenvalue weighted by atomic mass is 10.0. The number of rotatable bonds is 11. The first-order valence-corrected chi connectivity index (χ1v) is 11.0. The van der Waals surface area contributed by atoms with Crippen LogP contribution in [0.25, 0.3) is 0 Å². The Morgan fingerprint density at radius 3 is 2.41 bits per heavy atom. The molecule has 7 nitrogen and oxygen atoms in total. The van der Waals surface area contributed by atoms with Crippen molar-refractivity contribution in [3.8, 4) is 23.3 Å².